The highest BCUT2D eigenvalue weighted by Gasteiger charge is 2.20. The Kier molecular flexibility index (Phi) is 7.21. The number of anilines is 1. The van der Waals surface area contributed by atoms with E-state index in [-0.39, 0.29) is 12.6 Å². The molecule has 1 aliphatic heterocycles. The molecule has 0 radical (unpaired) electrons. The van der Waals surface area contributed by atoms with E-state index in [4.69, 9.17) is 19.4 Å². The number of aromatic nitrogens is 4. The van der Waals surface area contributed by atoms with Crippen molar-refractivity contribution in [3.8, 4) is 28.4 Å². The third kappa shape index (κ3) is 5.37. The largest absolute Gasteiger partial charge is 0.491 e. The van der Waals surface area contributed by atoms with Gasteiger partial charge >= 0.3 is 0 Å². The van der Waals surface area contributed by atoms with Gasteiger partial charge in [-0.05, 0) is 38.6 Å². The van der Waals surface area contributed by atoms with Crippen LogP contribution in [-0.2, 0) is 4.74 Å². The maximum Gasteiger partial charge on any atom is 0.162 e. The Labute approximate surface area is 187 Å². The fraction of sp³-hybridized carbons (Fsp3) is 0.391. The summed E-state index contributed by atoms with van der Waals surface area (Å²) in [6.07, 6.45) is 3.70. The molecule has 3 aromatic rings. The number of rotatable bonds is 9. The Morgan fingerprint density at radius 3 is 2.88 bits per heavy atom. The summed E-state index contributed by atoms with van der Waals surface area (Å²) in [6.45, 7) is 4.06. The first-order chi connectivity index (χ1) is 15.6. The predicted octanol–water partition coefficient (Wildman–Crippen LogP) is 2.07. The third-order valence-corrected chi connectivity index (χ3v) is 5.25. The van der Waals surface area contributed by atoms with Crippen molar-refractivity contribution >= 4 is 5.82 Å². The minimum Gasteiger partial charge on any atom is -0.491 e. The molecule has 1 fully saturated rings. The first-order valence-electron chi connectivity index (χ1n) is 10.7. The molecule has 1 aliphatic rings. The van der Waals surface area contributed by atoms with Gasteiger partial charge in [-0.1, -0.05) is 12.1 Å². The van der Waals surface area contributed by atoms with E-state index in [1.165, 1.54) is 0 Å². The van der Waals surface area contributed by atoms with Gasteiger partial charge in [0.2, 0.25) is 0 Å². The van der Waals surface area contributed by atoms with Crippen LogP contribution in [0.4, 0.5) is 5.82 Å². The number of benzene rings is 1. The van der Waals surface area contributed by atoms with Crippen molar-refractivity contribution in [2.45, 2.75) is 25.5 Å². The Bertz CT molecular complexity index is 1030. The fourth-order valence-corrected chi connectivity index (χ4v) is 3.55. The summed E-state index contributed by atoms with van der Waals surface area (Å²) in [5.41, 5.74) is 3.42. The molecule has 0 spiro atoms. The molecule has 2 aromatic heterocycles. The molecule has 2 atom stereocenters. The van der Waals surface area contributed by atoms with E-state index in [9.17, 15) is 5.11 Å². The van der Waals surface area contributed by atoms with Crippen LogP contribution in [0.2, 0.25) is 0 Å². The van der Waals surface area contributed by atoms with Gasteiger partial charge in [0, 0.05) is 29.8 Å². The van der Waals surface area contributed by atoms with Gasteiger partial charge in [-0.15, -0.1) is 0 Å². The highest BCUT2D eigenvalue weighted by Crippen LogP contribution is 2.30. The van der Waals surface area contributed by atoms with Crippen molar-refractivity contribution in [1.82, 2.24) is 25.5 Å². The van der Waals surface area contributed by atoms with Gasteiger partial charge in [0.1, 0.15) is 24.3 Å². The SMILES string of the molecule is CNCC(O)COc1cccc(-c2nc(NC3CCOC3)c(C)c(-c3ccnnc3)n2)c1. The Morgan fingerprint density at radius 2 is 2.12 bits per heavy atom. The summed E-state index contributed by atoms with van der Waals surface area (Å²) in [6, 6.07) is 9.67. The highest BCUT2D eigenvalue weighted by molar-refractivity contribution is 5.71. The summed E-state index contributed by atoms with van der Waals surface area (Å²) < 4.78 is 11.3. The van der Waals surface area contributed by atoms with E-state index >= 15 is 0 Å². The Morgan fingerprint density at radius 1 is 1.22 bits per heavy atom. The second-order valence-electron chi connectivity index (χ2n) is 7.76. The lowest BCUT2D eigenvalue weighted by Gasteiger charge is -2.17. The van der Waals surface area contributed by atoms with E-state index in [2.05, 4.69) is 20.8 Å². The predicted molar refractivity (Wildman–Crippen MR) is 122 cm³/mol. The monoisotopic (exact) mass is 436 g/mol. The molecule has 9 nitrogen and oxygen atoms in total. The lowest BCUT2D eigenvalue weighted by Crippen LogP contribution is -2.29. The van der Waals surface area contributed by atoms with Gasteiger partial charge in [-0.25, -0.2) is 9.97 Å². The van der Waals surface area contributed by atoms with E-state index in [0.717, 1.165) is 41.2 Å². The van der Waals surface area contributed by atoms with Crippen LogP contribution < -0.4 is 15.4 Å². The second-order valence-corrected chi connectivity index (χ2v) is 7.76. The van der Waals surface area contributed by atoms with Crippen LogP contribution in [0, 0.1) is 6.92 Å². The first-order valence-corrected chi connectivity index (χ1v) is 10.7. The number of aliphatic hydroxyl groups excluding tert-OH is 1. The van der Waals surface area contributed by atoms with Crippen LogP contribution in [0.15, 0.2) is 42.7 Å². The van der Waals surface area contributed by atoms with Gasteiger partial charge in [-0.3, -0.25) is 0 Å². The third-order valence-electron chi connectivity index (χ3n) is 5.25. The summed E-state index contributed by atoms with van der Waals surface area (Å²) in [7, 11) is 1.79. The molecule has 2 unspecified atom stereocenters. The number of ether oxygens (including phenoxy) is 2. The fourth-order valence-electron chi connectivity index (χ4n) is 3.55. The average Bonchev–Trinajstić information content (AvgIpc) is 3.33. The number of hydrogen-bond acceptors (Lipinski definition) is 9. The maximum atomic E-state index is 9.92. The van der Waals surface area contributed by atoms with Gasteiger partial charge in [0.05, 0.1) is 30.7 Å². The van der Waals surface area contributed by atoms with Gasteiger partial charge < -0.3 is 25.2 Å². The smallest absolute Gasteiger partial charge is 0.162 e. The van der Waals surface area contributed by atoms with Crippen LogP contribution >= 0.6 is 0 Å². The van der Waals surface area contributed by atoms with Crippen LogP contribution in [-0.4, -0.2) is 70.8 Å². The number of hydrogen-bond donors (Lipinski definition) is 3. The minimum absolute atomic E-state index is 0.196. The standard InChI is InChI=1S/C23H28N6O3/c1-15-21(17-6-8-25-26-11-17)28-23(29-22(15)27-18-7-9-31-13-18)16-4-3-5-20(10-16)32-14-19(30)12-24-2/h3-6,8,10-11,18-19,24,30H,7,9,12-14H2,1-2H3,(H,27,28,29). The van der Waals surface area contributed by atoms with Crippen LogP contribution in [0.1, 0.15) is 12.0 Å². The van der Waals surface area contributed by atoms with Gasteiger partial charge in [0.15, 0.2) is 5.82 Å². The summed E-state index contributed by atoms with van der Waals surface area (Å²) in [5, 5.41) is 24.3. The molecule has 168 valence electrons. The summed E-state index contributed by atoms with van der Waals surface area (Å²) >= 11 is 0. The van der Waals surface area contributed by atoms with Crippen LogP contribution in [0.25, 0.3) is 22.6 Å². The first kappa shape index (κ1) is 22.1. The topological polar surface area (TPSA) is 114 Å². The lowest BCUT2D eigenvalue weighted by molar-refractivity contribution is 0.108. The lowest BCUT2D eigenvalue weighted by atomic mass is 10.1. The molecule has 1 aromatic carbocycles. The van der Waals surface area contributed by atoms with Crippen molar-refractivity contribution in [1.29, 1.82) is 0 Å². The molecule has 0 aliphatic carbocycles. The molecule has 1 saturated heterocycles. The van der Waals surface area contributed by atoms with Crippen LogP contribution in [0.5, 0.6) is 5.75 Å². The molecule has 0 bridgehead atoms. The zero-order valence-corrected chi connectivity index (χ0v) is 18.3. The minimum atomic E-state index is -0.588. The molecule has 4 rings (SSSR count). The Balaban J connectivity index is 1.67. The van der Waals surface area contributed by atoms with Crippen LogP contribution in [0.3, 0.4) is 0 Å². The molecular formula is C23H28N6O3. The van der Waals surface area contributed by atoms with E-state index in [0.29, 0.717) is 24.7 Å². The summed E-state index contributed by atoms with van der Waals surface area (Å²) in [4.78, 5) is 9.68. The molecule has 9 heteroatoms. The quantitative estimate of drug-likeness (QED) is 0.464. The number of nitrogens with one attached hydrogen (secondary N) is 2. The molecule has 3 heterocycles. The van der Waals surface area contributed by atoms with Crippen molar-refractivity contribution < 1.29 is 14.6 Å². The van der Waals surface area contributed by atoms with E-state index < -0.39 is 6.10 Å². The molecule has 3 N–H and O–H groups in total. The zero-order chi connectivity index (χ0) is 22.3. The molecule has 0 saturated carbocycles. The van der Waals surface area contributed by atoms with Crippen molar-refractivity contribution in [3.05, 3.63) is 48.3 Å². The number of nitrogens with zero attached hydrogens (tertiary/aromatic N) is 4. The molecule has 32 heavy (non-hydrogen) atoms. The van der Waals surface area contributed by atoms with E-state index in [1.807, 2.05) is 37.3 Å². The highest BCUT2D eigenvalue weighted by atomic mass is 16.5. The van der Waals surface area contributed by atoms with Crippen molar-refractivity contribution in [2.75, 3.05) is 38.7 Å². The Hall–Kier alpha value is -3.14. The average molecular weight is 437 g/mol. The van der Waals surface area contributed by atoms with Crippen molar-refractivity contribution in [2.24, 2.45) is 0 Å². The normalized spacial score (nSPS) is 16.7. The zero-order valence-electron chi connectivity index (χ0n) is 18.3. The number of likely N-dealkylation sites (N-methyl/N-ethyl adjacent to an activating group) is 1. The maximum absolute atomic E-state index is 9.92. The summed E-state index contributed by atoms with van der Waals surface area (Å²) in [5.74, 6) is 1.99. The van der Waals surface area contributed by atoms with Crippen molar-refractivity contribution in [3.63, 3.8) is 0 Å². The van der Waals surface area contributed by atoms with Gasteiger partial charge in [0.25, 0.3) is 0 Å². The molecule has 0 amide bonds. The molecular weight excluding hydrogens is 408 g/mol. The van der Waals surface area contributed by atoms with E-state index in [1.54, 1.807) is 19.4 Å². The van der Waals surface area contributed by atoms with Gasteiger partial charge in [-0.2, -0.15) is 10.2 Å². The number of aliphatic hydroxyl groups is 1. The second kappa shape index (κ2) is 10.4.